The van der Waals surface area contributed by atoms with Gasteiger partial charge in [0.2, 0.25) is 10.0 Å². The molecule has 0 fully saturated rings. The largest absolute Gasteiger partial charge is 0.497 e. The lowest BCUT2D eigenvalue weighted by Gasteiger charge is -2.35. The van der Waals surface area contributed by atoms with Crippen molar-refractivity contribution in [3.05, 3.63) is 72.3 Å². The second-order valence-electron chi connectivity index (χ2n) is 8.07. The van der Waals surface area contributed by atoms with Gasteiger partial charge in [-0.3, -0.25) is 0 Å². The van der Waals surface area contributed by atoms with Gasteiger partial charge in [-0.1, -0.05) is 30.3 Å². The van der Waals surface area contributed by atoms with Gasteiger partial charge in [0, 0.05) is 19.7 Å². The fourth-order valence-electron chi connectivity index (χ4n) is 3.65. The molecule has 0 aliphatic heterocycles. The first kappa shape index (κ1) is 25.9. The molecular formula is C25H35NO5S. The zero-order chi connectivity index (χ0) is 23.6. The van der Waals surface area contributed by atoms with Crippen LogP contribution < -0.4 is 9.47 Å². The summed E-state index contributed by atoms with van der Waals surface area (Å²) in [7, 11) is -0.525. The molecule has 32 heavy (non-hydrogen) atoms. The summed E-state index contributed by atoms with van der Waals surface area (Å²) < 4.78 is 38.9. The lowest BCUT2D eigenvalue weighted by molar-refractivity contribution is 0.271. The molecule has 0 amide bonds. The molecule has 0 aliphatic rings. The Kier molecular flexibility index (Phi) is 9.75. The minimum Gasteiger partial charge on any atom is -0.497 e. The molecule has 1 N–H and O–H groups in total. The molecule has 0 heterocycles. The monoisotopic (exact) mass is 461 g/mol. The highest BCUT2D eigenvalue weighted by Crippen LogP contribution is 2.34. The predicted octanol–water partition coefficient (Wildman–Crippen LogP) is 4.53. The van der Waals surface area contributed by atoms with Crippen LogP contribution in [0.3, 0.4) is 0 Å². The summed E-state index contributed by atoms with van der Waals surface area (Å²) in [5, 5.41) is 9.38. The number of aliphatic hydroxyl groups is 1. The van der Waals surface area contributed by atoms with Gasteiger partial charge in [0.1, 0.15) is 11.5 Å². The van der Waals surface area contributed by atoms with Crippen molar-refractivity contribution < 1.29 is 23.0 Å². The van der Waals surface area contributed by atoms with Crippen molar-refractivity contribution >= 4 is 10.0 Å². The van der Waals surface area contributed by atoms with E-state index in [2.05, 4.69) is 6.58 Å². The SMILES string of the molecule is C=CCCC(C)(CCCO)S(=O)(=O)N(Cc1ccc(OC)cc1)Cc1ccc(OC)cc1. The fraction of sp³-hybridized carbons (Fsp3) is 0.440. The number of hydrogen-bond acceptors (Lipinski definition) is 5. The van der Waals surface area contributed by atoms with E-state index in [-0.39, 0.29) is 19.7 Å². The van der Waals surface area contributed by atoms with Crippen molar-refractivity contribution in [1.82, 2.24) is 4.31 Å². The van der Waals surface area contributed by atoms with Crippen LogP contribution in [0.15, 0.2) is 61.2 Å². The molecule has 2 rings (SSSR count). The molecule has 0 spiro atoms. The van der Waals surface area contributed by atoms with Crippen molar-refractivity contribution in [2.75, 3.05) is 20.8 Å². The molecule has 1 atom stereocenters. The summed E-state index contributed by atoms with van der Waals surface area (Å²) in [4.78, 5) is 0. The Morgan fingerprint density at radius 1 is 0.938 bits per heavy atom. The van der Waals surface area contributed by atoms with E-state index >= 15 is 0 Å². The van der Waals surface area contributed by atoms with Gasteiger partial charge in [0.15, 0.2) is 0 Å². The Hall–Kier alpha value is -2.35. The van der Waals surface area contributed by atoms with E-state index in [1.165, 1.54) is 4.31 Å². The Balaban J connectivity index is 2.42. The highest BCUT2D eigenvalue weighted by atomic mass is 32.2. The normalized spacial score (nSPS) is 13.5. The lowest BCUT2D eigenvalue weighted by atomic mass is 9.99. The standard InChI is InChI=1S/C25H35NO5S/c1-5-6-16-25(2,17-7-18-27)32(28,29)26(19-21-8-12-23(30-3)13-9-21)20-22-10-14-24(31-4)15-11-22/h5,8-15,27H,1,6-7,16-20H2,2-4H3. The second kappa shape index (κ2) is 12.0. The summed E-state index contributed by atoms with van der Waals surface area (Å²) in [6, 6.07) is 14.8. The molecule has 2 aromatic carbocycles. The third kappa shape index (κ3) is 6.58. The number of rotatable bonds is 14. The quantitative estimate of drug-likeness (QED) is 0.418. The number of hydrogen-bond donors (Lipinski definition) is 1. The van der Waals surface area contributed by atoms with E-state index in [1.54, 1.807) is 27.2 Å². The van der Waals surface area contributed by atoms with Gasteiger partial charge in [0.25, 0.3) is 0 Å². The van der Waals surface area contributed by atoms with Gasteiger partial charge in [-0.05, 0) is 68.0 Å². The Bertz CT molecular complexity index is 892. The van der Waals surface area contributed by atoms with Crippen molar-refractivity contribution in [2.45, 2.75) is 50.4 Å². The number of sulfonamides is 1. The third-order valence-corrected chi connectivity index (χ3v) is 8.33. The minimum atomic E-state index is -3.72. The maximum Gasteiger partial charge on any atom is 0.220 e. The van der Waals surface area contributed by atoms with Crippen LogP contribution in [0.1, 0.15) is 43.7 Å². The van der Waals surface area contributed by atoms with Gasteiger partial charge < -0.3 is 14.6 Å². The molecule has 176 valence electrons. The van der Waals surface area contributed by atoms with E-state index < -0.39 is 14.8 Å². The summed E-state index contributed by atoms with van der Waals surface area (Å²) in [6.45, 7) is 5.96. The molecule has 7 heteroatoms. The van der Waals surface area contributed by atoms with Crippen LogP contribution in [0.4, 0.5) is 0 Å². The summed E-state index contributed by atoms with van der Waals surface area (Å²) in [5.41, 5.74) is 1.74. The maximum absolute atomic E-state index is 14.0. The average Bonchev–Trinajstić information content (AvgIpc) is 2.81. The van der Waals surface area contributed by atoms with Crippen LogP contribution in [0, 0.1) is 0 Å². The Morgan fingerprint density at radius 3 is 1.78 bits per heavy atom. The molecule has 0 radical (unpaired) electrons. The molecule has 0 aliphatic carbocycles. The zero-order valence-electron chi connectivity index (χ0n) is 19.3. The summed E-state index contributed by atoms with van der Waals surface area (Å²) >= 11 is 0. The second-order valence-corrected chi connectivity index (χ2v) is 10.5. The van der Waals surface area contributed by atoms with Crippen LogP contribution in [-0.2, 0) is 23.1 Å². The number of benzene rings is 2. The number of ether oxygens (including phenoxy) is 2. The van der Waals surface area contributed by atoms with Crippen LogP contribution >= 0.6 is 0 Å². The topological polar surface area (TPSA) is 76.1 Å². The van der Waals surface area contributed by atoms with Crippen molar-refractivity contribution in [3.63, 3.8) is 0 Å². The van der Waals surface area contributed by atoms with Crippen LogP contribution in [0.5, 0.6) is 11.5 Å². The molecule has 0 saturated carbocycles. The van der Waals surface area contributed by atoms with Gasteiger partial charge in [-0.25, -0.2) is 8.42 Å². The Morgan fingerprint density at radius 2 is 1.41 bits per heavy atom. The van der Waals surface area contributed by atoms with Gasteiger partial charge in [-0.15, -0.1) is 6.58 Å². The lowest BCUT2D eigenvalue weighted by Crippen LogP contribution is -2.46. The first-order valence-electron chi connectivity index (χ1n) is 10.8. The number of nitrogens with zero attached hydrogens (tertiary/aromatic N) is 1. The zero-order valence-corrected chi connectivity index (χ0v) is 20.1. The van der Waals surface area contributed by atoms with Gasteiger partial charge >= 0.3 is 0 Å². The van der Waals surface area contributed by atoms with E-state index in [0.717, 1.165) is 22.6 Å². The number of allylic oxidation sites excluding steroid dienone is 1. The highest BCUT2D eigenvalue weighted by Gasteiger charge is 2.42. The summed E-state index contributed by atoms with van der Waals surface area (Å²) in [5.74, 6) is 1.44. The van der Waals surface area contributed by atoms with Gasteiger partial charge in [0.05, 0.1) is 19.0 Å². The van der Waals surface area contributed by atoms with Crippen LogP contribution in [-0.4, -0.2) is 43.4 Å². The molecular weight excluding hydrogens is 426 g/mol. The molecule has 0 bridgehead atoms. The first-order chi connectivity index (χ1) is 15.3. The molecule has 1 unspecified atom stereocenters. The fourth-order valence-corrected chi connectivity index (χ4v) is 5.69. The molecule has 2 aromatic rings. The molecule has 0 aromatic heterocycles. The Labute approximate surface area is 192 Å². The van der Waals surface area contributed by atoms with Crippen LogP contribution in [0.25, 0.3) is 0 Å². The molecule has 0 saturated heterocycles. The van der Waals surface area contributed by atoms with E-state index in [9.17, 15) is 13.5 Å². The average molecular weight is 462 g/mol. The first-order valence-corrected chi connectivity index (χ1v) is 12.2. The predicted molar refractivity (Wildman–Crippen MR) is 128 cm³/mol. The minimum absolute atomic E-state index is 0.0455. The van der Waals surface area contributed by atoms with Crippen molar-refractivity contribution in [1.29, 1.82) is 0 Å². The van der Waals surface area contributed by atoms with Crippen LogP contribution in [0.2, 0.25) is 0 Å². The third-order valence-electron chi connectivity index (χ3n) is 5.74. The summed E-state index contributed by atoms with van der Waals surface area (Å²) in [6.07, 6.45) is 3.57. The van der Waals surface area contributed by atoms with Crippen molar-refractivity contribution in [2.24, 2.45) is 0 Å². The highest BCUT2D eigenvalue weighted by molar-refractivity contribution is 7.90. The smallest absolute Gasteiger partial charge is 0.220 e. The maximum atomic E-state index is 14.0. The van der Waals surface area contributed by atoms with Gasteiger partial charge in [-0.2, -0.15) is 4.31 Å². The van der Waals surface area contributed by atoms with E-state index in [0.29, 0.717) is 25.7 Å². The molecule has 6 nitrogen and oxygen atoms in total. The van der Waals surface area contributed by atoms with Crippen molar-refractivity contribution in [3.8, 4) is 11.5 Å². The number of aliphatic hydroxyl groups excluding tert-OH is 1. The van der Waals surface area contributed by atoms with E-state index in [1.807, 2.05) is 48.5 Å². The number of methoxy groups -OCH3 is 2. The van der Waals surface area contributed by atoms with E-state index in [4.69, 9.17) is 9.47 Å².